The number of ether oxygens (including phenoxy) is 1. The Morgan fingerprint density at radius 1 is 1.20 bits per heavy atom. The minimum Gasteiger partial charge on any atom is -0.392 e. The predicted molar refractivity (Wildman–Crippen MR) is 76.9 cm³/mol. The van der Waals surface area contributed by atoms with Gasteiger partial charge in [-0.25, -0.2) is 13.1 Å². The first-order valence-electron chi connectivity index (χ1n) is 6.37. The molecular formula is C13H22N2O4S. The Hall–Kier alpha value is -0.990. The molecule has 0 atom stereocenters. The number of likely N-dealkylation sites (N-methyl/N-ethyl adjacent to an activating group) is 1. The lowest BCUT2D eigenvalue weighted by Gasteiger charge is -2.10. The quantitative estimate of drug-likeness (QED) is 0.630. The number of nitrogens with zero attached hydrogens (tertiary/aromatic N) is 1. The molecule has 0 saturated heterocycles. The number of aliphatic hydroxyl groups excluding tert-OH is 1. The van der Waals surface area contributed by atoms with Crippen LogP contribution in [0.2, 0.25) is 0 Å². The maximum atomic E-state index is 11.9. The number of hydrogen-bond acceptors (Lipinski definition) is 5. The zero-order chi connectivity index (χ0) is 15.0. The minimum atomic E-state index is -3.51. The standard InChI is InChI=1S/C13H22N2O4S/c1-15(2)8-10-19-9-7-14-20(17,18)13-5-3-12(11-16)4-6-13/h3-6,14,16H,7-11H2,1-2H3. The molecule has 2 N–H and O–H groups in total. The molecule has 20 heavy (non-hydrogen) atoms. The van der Waals surface area contributed by atoms with Gasteiger partial charge in [0.05, 0.1) is 24.7 Å². The van der Waals surface area contributed by atoms with Crippen molar-refractivity contribution in [2.24, 2.45) is 0 Å². The summed E-state index contributed by atoms with van der Waals surface area (Å²) < 4.78 is 31.7. The van der Waals surface area contributed by atoms with Crippen LogP contribution in [0, 0.1) is 0 Å². The van der Waals surface area contributed by atoms with Crippen molar-refractivity contribution in [3.63, 3.8) is 0 Å². The molecule has 1 aromatic carbocycles. The Labute approximate surface area is 120 Å². The zero-order valence-corrected chi connectivity index (χ0v) is 12.7. The van der Waals surface area contributed by atoms with Crippen LogP contribution in [0.3, 0.4) is 0 Å². The first-order chi connectivity index (χ1) is 9.45. The van der Waals surface area contributed by atoms with Gasteiger partial charge in [0.25, 0.3) is 0 Å². The lowest BCUT2D eigenvalue weighted by molar-refractivity contribution is 0.122. The van der Waals surface area contributed by atoms with Crippen LogP contribution in [0.4, 0.5) is 0 Å². The van der Waals surface area contributed by atoms with E-state index < -0.39 is 10.0 Å². The normalized spacial score (nSPS) is 12.0. The van der Waals surface area contributed by atoms with Crippen molar-refractivity contribution in [1.82, 2.24) is 9.62 Å². The number of aliphatic hydroxyl groups is 1. The van der Waals surface area contributed by atoms with Crippen LogP contribution in [-0.2, 0) is 21.4 Å². The summed E-state index contributed by atoms with van der Waals surface area (Å²) in [4.78, 5) is 2.18. The average molecular weight is 302 g/mol. The predicted octanol–water partition coefficient (Wildman–Crippen LogP) is 0.0354. The van der Waals surface area contributed by atoms with E-state index >= 15 is 0 Å². The summed E-state index contributed by atoms with van der Waals surface area (Å²) in [6.07, 6.45) is 0. The summed E-state index contributed by atoms with van der Waals surface area (Å²) in [5.74, 6) is 0. The van der Waals surface area contributed by atoms with Crippen molar-refractivity contribution in [1.29, 1.82) is 0 Å². The number of hydrogen-bond donors (Lipinski definition) is 2. The molecule has 0 amide bonds. The van der Waals surface area contributed by atoms with E-state index in [9.17, 15) is 8.42 Å². The number of sulfonamides is 1. The van der Waals surface area contributed by atoms with E-state index in [0.717, 1.165) is 6.54 Å². The Morgan fingerprint density at radius 2 is 1.85 bits per heavy atom. The van der Waals surface area contributed by atoms with Gasteiger partial charge in [-0.1, -0.05) is 12.1 Å². The fourth-order valence-electron chi connectivity index (χ4n) is 1.45. The van der Waals surface area contributed by atoms with E-state index in [2.05, 4.69) is 4.72 Å². The summed E-state index contributed by atoms with van der Waals surface area (Å²) in [5.41, 5.74) is 0.677. The summed E-state index contributed by atoms with van der Waals surface area (Å²) in [6, 6.07) is 6.12. The van der Waals surface area contributed by atoms with Crippen molar-refractivity contribution in [2.75, 3.05) is 40.4 Å². The molecule has 0 unspecified atom stereocenters. The molecule has 1 aromatic rings. The van der Waals surface area contributed by atoms with E-state index in [-0.39, 0.29) is 18.0 Å². The second kappa shape index (κ2) is 8.33. The molecule has 0 aromatic heterocycles. The molecule has 0 radical (unpaired) electrons. The fourth-order valence-corrected chi connectivity index (χ4v) is 2.47. The summed E-state index contributed by atoms with van der Waals surface area (Å²) in [5, 5.41) is 8.91. The lowest BCUT2D eigenvalue weighted by atomic mass is 10.2. The molecule has 1 rings (SSSR count). The van der Waals surface area contributed by atoms with Gasteiger partial charge in [0.2, 0.25) is 10.0 Å². The fraction of sp³-hybridized carbons (Fsp3) is 0.538. The molecule has 0 aliphatic rings. The van der Waals surface area contributed by atoms with Gasteiger partial charge < -0.3 is 14.7 Å². The van der Waals surface area contributed by atoms with Crippen molar-refractivity contribution in [2.45, 2.75) is 11.5 Å². The molecule has 0 aliphatic heterocycles. The van der Waals surface area contributed by atoms with Gasteiger partial charge in [-0.3, -0.25) is 0 Å². The molecule has 114 valence electrons. The second-order valence-electron chi connectivity index (χ2n) is 4.62. The highest BCUT2D eigenvalue weighted by Crippen LogP contribution is 2.10. The van der Waals surface area contributed by atoms with Crippen molar-refractivity contribution in [3.05, 3.63) is 29.8 Å². The molecule has 0 saturated carbocycles. The summed E-state index contributed by atoms with van der Waals surface area (Å²) in [6.45, 7) is 1.84. The van der Waals surface area contributed by atoms with E-state index in [1.54, 1.807) is 12.1 Å². The molecule has 7 heteroatoms. The lowest BCUT2D eigenvalue weighted by Crippen LogP contribution is -2.28. The highest BCUT2D eigenvalue weighted by Gasteiger charge is 2.12. The van der Waals surface area contributed by atoms with E-state index in [1.165, 1.54) is 12.1 Å². The molecular weight excluding hydrogens is 280 g/mol. The van der Waals surface area contributed by atoms with Crippen LogP contribution in [-0.4, -0.2) is 58.8 Å². The highest BCUT2D eigenvalue weighted by atomic mass is 32.2. The van der Waals surface area contributed by atoms with Crippen LogP contribution >= 0.6 is 0 Å². The van der Waals surface area contributed by atoms with E-state index in [0.29, 0.717) is 18.8 Å². The van der Waals surface area contributed by atoms with E-state index in [4.69, 9.17) is 9.84 Å². The third-order valence-corrected chi connectivity index (χ3v) is 4.11. The van der Waals surface area contributed by atoms with Gasteiger partial charge in [-0.05, 0) is 31.8 Å². The van der Waals surface area contributed by atoms with E-state index in [1.807, 2.05) is 19.0 Å². The third kappa shape index (κ3) is 5.98. The van der Waals surface area contributed by atoms with Gasteiger partial charge in [0.1, 0.15) is 0 Å². The molecule has 6 nitrogen and oxygen atoms in total. The topological polar surface area (TPSA) is 78.9 Å². The molecule has 0 heterocycles. The van der Waals surface area contributed by atoms with Crippen LogP contribution in [0.15, 0.2) is 29.2 Å². The van der Waals surface area contributed by atoms with Crippen LogP contribution in [0.25, 0.3) is 0 Å². The monoisotopic (exact) mass is 302 g/mol. The first-order valence-corrected chi connectivity index (χ1v) is 7.86. The van der Waals surface area contributed by atoms with Gasteiger partial charge in [-0.15, -0.1) is 0 Å². The number of nitrogens with one attached hydrogen (secondary N) is 1. The Kier molecular flexibility index (Phi) is 7.11. The number of benzene rings is 1. The van der Waals surface area contributed by atoms with Crippen molar-refractivity contribution < 1.29 is 18.3 Å². The van der Waals surface area contributed by atoms with Crippen molar-refractivity contribution >= 4 is 10.0 Å². The van der Waals surface area contributed by atoms with Crippen LogP contribution < -0.4 is 4.72 Å². The smallest absolute Gasteiger partial charge is 0.240 e. The average Bonchev–Trinajstić information content (AvgIpc) is 2.42. The maximum absolute atomic E-state index is 11.9. The Bertz CT molecular complexity index is 486. The van der Waals surface area contributed by atoms with Crippen LogP contribution in [0.5, 0.6) is 0 Å². The Morgan fingerprint density at radius 3 is 2.40 bits per heavy atom. The van der Waals surface area contributed by atoms with Gasteiger partial charge in [0.15, 0.2) is 0 Å². The highest BCUT2D eigenvalue weighted by molar-refractivity contribution is 7.89. The van der Waals surface area contributed by atoms with Gasteiger partial charge in [-0.2, -0.15) is 0 Å². The maximum Gasteiger partial charge on any atom is 0.240 e. The van der Waals surface area contributed by atoms with Gasteiger partial charge >= 0.3 is 0 Å². The molecule has 0 spiro atoms. The van der Waals surface area contributed by atoms with Gasteiger partial charge in [0, 0.05) is 13.1 Å². The zero-order valence-electron chi connectivity index (χ0n) is 11.9. The molecule has 0 bridgehead atoms. The largest absolute Gasteiger partial charge is 0.392 e. The summed E-state index contributed by atoms with van der Waals surface area (Å²) >= 11 is 0. The first kappa shape index (κ1) is 17.1. The Balaban J connectivity index is 2.37. The number of rotatable bonds is 9. The molecule has 0 fully saturated rings. The molecule has 0 aliphatic carbocycles. The SMILES string of the molecule is CN(C)CCOCCNS(=O)(=O)c1ccc(CO)cc1. The second-order valence-corrected chi connectivity index (χ2v) is 6.38. The third-order valence-electron chi connectivity index (χ3n) is 2.64. The minimum absolute atomic E-state index is 0.104. The summed E-state index contributed by atoms with van der Waals surface area (Å²) in [7, 11) is 0.382. The van der Waals surface area contributed by atoms with Crippen molar-refractivity contribution in [3.8, 4) is 0 Å². The van der Waals surface area contributed by atoms with Crippen LogP contribution in [0.1, 0.15) is 5.56 Å².